The average molecular weight is 422 g/mol. The Morgan fingerprint density at radius 1 is 1.16 bits per heavy atom. The summed E-state index contributed by atoms with van der Waals surface area (Å²) < 4.78 is 5.80. The van der Waals surface area contributed by atoms with E-state index < -0.39 is 17.4 Å². The van der Waals surface area contributed by atoms with E-state index in [1.54, 1.807) is 6.07 Å². The Bertz CT molecular complexity index is 1160. The minimum absolute atomic E-state index is 0.0399. The van der Waals surface area contributed by atoms with E-state index in [4.69, 9.17) is 16.2 Å². The van der Waals surface area contributed by atoms with Gasteiger partial charge >= 0.3 is 5.97 Å². The monoisotopic (exact) mass is 422 g/mol. The number of nitrogens with two attached hydrogens (primary N) is 2. The van der Waals surface area contributed by atoms with Crippen LogP contribution in [0.2, 0.25) is 0 Å². The largest absolute Gasteiger partial charge is 0.493 e. The molecule has 2 aromatic carbocycles. The highest BCUT2D eigenvalue weighted by molar-refractivity contribution is 5.75. The van der Waals surface area contributed by atoms with Crippen LogP contribution in [0.3, 0.4) is 0 Å². The predicted molar refractivity (Wildman–Crippen MR) is 121 cm³/mol. The molecule has 8 heteroatoms. The highest BCUT2D eigenvalue weighted by atomic mass is 16.5. The molecule has 0 aliphatic carbocycles. The quantitative estimate of drug-likeness (QED) is 0.436. The van der Waals surface area contributed by atoms with Gasteiger partial charge in [0, 0.05) is 0 Å². The SMILES string of the molecule is CCOc1cc(-c2cccc(CC(CC)C(=O)O)c2)ccc1-c1nc(N)c(N)c(=O)[nH]1. The molecule has 0 fully saturated rings. The number of rotatable bonds is 8. The van der Waals surface area contributed by atoms with E-state index in [1.165, 1.54) is 0 Å². The summed E-state index contributed by atoms with van der Waals surface area (Å²) in [6.07, 6.45) is 1.03. The molecule has 162 valence electrons. The topological polar surface area (TPSA) is 144 Å². The van der Waals surface area contributed by atoms with Crippen molar-refractivity contribution >= 4 is 17.5 Å². The van der Waals surface area contributed by atoms with Crippen molar-refractivity contribution in [1.82, 2.24) is 9.97 Å². The second kappa shape index (κ2) is 9.34. The zero-order valence-electron chi connectivity index (χ0n) is 17.5. The third-order valence-electron chi connectivity index (χ3n) is 5.11. The Hall–Kier alpha value is -3.81. The molecule has 31 heavy (non-hydrogen) atoms. The lowest BCUT2D eigenvalue weighted by Gasteiger charge is -2.14. The zero-order chi connectivity index (χ0) is 22.5. The van der Waals surface area contributed by atoms with Gasteiger partial charge in [-0.25, -0.2) is 4.98 Å². The van der Waals surface area contributed by atoms with Crippen LogP contribution in [-0.4, -0.2) is 27.7 Å². The molecule has 0 radical (unpaired) electrons. The number of hydrogen-bond acceptors (Lipinski definition) is 6. The number of nitrogen functional groups attached to an aromatic ring is 2. The zero-order valence-corrected chi connectivity index (χ0v) is 17.5. The van der Waals surface area contributed by atoms with Crippen molar-refractivity contribution in [2.45, 2.75) is 26.7 Å². The number of aliphatic carboxylic acids is 1. The van der Waals surface area contributed by atoms with Gasteiger partial charge in [-0.15, -0.1) is 0 Å². The number of ether oxygens (including phenoxy) is 1. The minimum Gasteiger partial charge on any atom is -0.493 e. The molecular formula is C23H26N4O4. The first-order valence-electron chi connectivity index (χ1n) is 10.1. The number of nitrogens with zero attached hydrogens (tertiary/aromatic N) is 1. The smallest absolute Gasteiger partial charge is 0.306 e. The third-order valence-corrected chi connectivity index (χ3v) is 5.11. The van der Waals surface area contributed by atoms with Crippen LogP contribution in [0.15, 0.2) is 47.3 Å². The molecule has 1 unspecified atom stereocenters. The number of carboxylic acids is 1. The number of carboxylic acid groups (broad SMARTS) is 1. The molecule has 6 N–H and O–H groups in total. The van der Waals surface area contributed by atoms with Gasteiger partial charge in [0.1, 0.15) is 17.3 Å². The molecule has 0 bridgehead atoms. The first-order chi connectivity index (χ1) is 14.8. The van der Waals surface area contributed by atoms with Gasteiger partial charge in [-0.1, -0.05) is 37.3 Å². The molecule has 1 atom stereocenters. The first-order valence-corrected chi connectivity index (χ1v) is 10.1. The van der Waals surface area contributed by atoms with E-state index in [2.05, 4.69) is 9.97 Å². The predicted octanol–water partition coefficient (Wildman–Crippen LogP) is 3.32. The van der Waals surface area contributed by atoms with Crippen LogP contribution in [0.4, 0.5) is 11.5 Å². The van der Waals surface area contributed by atoms with E-state index >= 15 is 0 Å². The maximum atomic E-state index is 12.0. The molecule has 1 aromatic heterocycles. The molecule has 0 saturated heterocycles. The number of hydrogen-bond donors (Lipinski definition) is 4. The second-order valence-electron chi connectivity index (χ2n) is 7.21. The van der Waals surface area contributed by atoms with Crippen LogP contribution < -0.4 is 21.8 Å². The van der Waals surface area contributed by atoms with Crippen LogP contribution in [-0.2, 0) is 11.2 Å². The first kappa shape index (κ1) is 21.9. The highest BCUT2D eigenvalue weighted by Crippen LogP contribution is 2.33. The summed E-state index contributed by atoms with van der Waals surface area (Å²) in [5, 5.41) is 9.35. The van der Waals surface area contributed by atoms with Crippen molar-refractivity contribution in [3.8, 4) is 28.3 Å². The molecule has 1 heterocycles. The number of aromatic amines is 1. The fourth-order valence-corrected chi connectivity index (χ4v) is 3.37. The Kier molecular flexibility index (Phi) is 6.59. The fraction of sp³-hybridized carbons (Fsp3) is 0.261. The van der Waals surface area contributed by atoms with Crippen molar-refractivity contribution in [3.05, 3.63) is 58.4 Å². The summed E-state index contributed by atoms with van der Waals surface area (Å²) in [5.41, 5.74) is 14.1. The minimum atomic E-state index is -0.792. The Balaban J connectivity index is 2.01. The van der Waals surface area contributed by atoms with Crippen molar-refractivity contribution in [2.24, 2.45) is 5.92 Å². The number of anilines is 2. The second-order valence-corrected chi connectivity index (χ2v) is 7.21. The summed E-state index contributed by atoms with van der Waals surface area (Å²) in [6.45, 7) is 4.15. The average Bonchev–Trinajstić information content (AvgIpc) is 2.75. The summed E-state index contributed by atoms with van der Waals surface area (Å²) in [5.74, 6) is -0.445. The number of benzene rings is 2. The van der Waals surface area contributed by atoms with E-state index in [0.29, 0.717) is 30.8 Å². The van der Waals surface area contributed by atoms with Crippen LogP contribution in [0.5, 0.6) is 5.75 Å². The van der Waals surface area contributed by atoms with E-state index in [1.807, 2.05) is 50.2 Å². The molecule has 0 spiro atoms. The van der Waals surface area contributed by atoms with Crippen LogP contribution >= 0.6 is 0 Å². The number of H-pyrrole nitrogens is 1. The van der Waals surface area contributed by atoms with E-state index in [-0.39, 0.29) is 17.3 Å². The number of aromatic nitrogens is 2. The molecule has 3 rings (SSSR count). The molecule has 0 aliphatic heterocycles. The van der Waals surface area contributed by atoms with Crippen molar-refractivity contribution < 1.29 is 14.6 Å². The highest BCUT2D eigenvalue weighted by Gasteiger charge is 2.17. The van der Waals surface area contributed by atoms with Gasteiger partial charge in [0.25, 0.3) is 5.56 Å². The molecule has 0 amide bonds. The maximum absolute atomic E-state index is 12.0. The van der Waals surface area contributed by atoms with Gasteiger partial charge in [-0.3, -0.25) is 9.59 Å². The Labute approximate surface area is 179 Å². The number of carbonyl (C=O) groups is 1. The molecule has 0 aliphatic rings. The standard InChI is InChI=1S/C23H26N4O4/c1-3-14(23(29)30)10-13-6-5-7-15(11-13)16-8-9-17(18(12-16)31-4-2)21-26-20(25)19(24)22(28)27-21/h5-9,11-12,14H,3-4,10,24H2,1-2H3,(H,29,30)(H3,25,26,27,28). The molecule has 8 nitrogen and oxygen atoms in total. The van der Waals surface area contributed by atoms with Crippen LogP contribution in [0, 0.1) is 5.92 Å². The van der Waals surface area contributed by atoms with Gasteiger partial charge in [0.15, 0.2) is 5.82 Å². The Morgan fingerprint density at radius 3 is 2.55 bits per heavy atom. The fourth-order valence-electron chi connectivity index (χ4n) is 3.37. The maximum Gasteiger partial charge on any atom is 0.306 e. The van der Waals surface area contributed by atoms with Crippen LogP contribution in [0.1, 0.15) is 25.8 Å². The number of nitrogens with one attached hydrogen (secondary N) is 1. The van der Waals surface area contributed by atoms with Gasteiger partial charge in [0.2, 0.25) is 0 Å². The lowest BCUT2D eigenvalue weighted by Crippen LogP contribution is -2.17. The van der Waals surface area contributed by atoms with E-state index in [9.17, 15) is 14.7 Å². The van der Waals surface area contributed by atoms with Crippen molar-refractivity contribution in [3.63, 3.8) is 0 Å². The Morgan fingerprint density at radius 2 is 1.90 bits per heavy atom. The summed E-state index contributed by atoms with van der Waals surface area (Å²) >= 11 is 0. The normalized spacial score (nSPS) is 11.8. The lowest BCUT2D eigenvalue weighted by molar-refractivity contribution is -0.141. The van der Waals surface area contributed by atoms with Crippen LogP contribution in [0.25, 0.3) is 22.5 Å². The molecule has 0 saturated carbocycles. The van der Waals surface area contributed by atoms with Crippen molar-refractivity contribution in [2.75, 3.05) is 18.1 Å². The van der Waals surface area contributed by atoms with Gasteiger partial charge in [-0.2, -0.15) is 0 Å². The summed E-state index contributed by atoms with van der Waals surface area (Å²) in [4.78, 5) is 30.2. The third kappa shape index (κ3) is 4.85. The summed E-state index contributed by atoms with van der Waals surface area (Å²) in [6, 6.07) is 13.3. The van der Waals surface area contributed by atoms with Gasteiger partial charge in [-0.05, 0) is 48.6 Å². The van der Waals surface area contributed by atoms with Gasteiger partial charge in [0.05, 0.1) is 18.1 Å². The summed E-state index contributed by atoms with van der Waals surface area (Å²) in [7, 11) is 0. The van der Waals surface area contributed by atoms with E-state index in [0.717, 1.165) is 16.7 Å². The molecular weight excluding hydrogens is 396 g/mol. The van der Waals surface area contributed by atoms with Crippen molar-refractivity contribution in [1.29, 1.82) is 0 Å². The molecule has 3 aromatic rings. The van der Waals surface area contributed by atoms with Gasteiger partial charge < -0.3 is 26.3 Å². The lowest BCUT2D eigenvalue weighted by atomic mass is 9.94.